The van der Waals surface area contributed by atoms with Crippen LogP contribution in [0.15, 0.2) is 78.9 Å². The topological polar surface area (TPSA) is 41.3 Å². The standard InChI is InChI=1S/C31H34ClN3O/c1-2-3-19-35-30-28(33-31(35)24-13-8-5-9-14-24)15-10-16-29(30)34(21-23-11-6-4-7-12-23)22-25-17-18-26(36)20-27(25)32/h4-9,11-14,17-18,20,29,36H,2-3,10,15-16,19,21-22H2,1H3. The summed E-state index contributed by atoms with van der Waals surface area (Å²) in [6, 6.07) is 26.8. The van der Waals surface area contributed by atoms with Crippen molar-refractivity contribution in [3.05, 3.63) is 106 Å². The van der Waals surface area contributed by atoms with Gasteiger partial charge in [0.05, 0.1) is 17.4 Å². The molecule has 1 N–H and O–H groups in total. The van der Waals surface area contributed by atoms with Gasteiger partial charge in [-0.3, -0.25) is 4.90 Å². The molecule has 1 atom stereocenters. The number of phenols is 1. The van der Waals surface area contributed by atoms with Crippen LogP contribution in [0.5, 0.6) is 5.75 Å². The third-order valence-corrected chi connectivity index (χ3v) is 7.49. The Hall–Kier alpha value is -3.08. The van der Waals surface area contributed by atoms with Crippen molar-refractivity contribution in [1.82, 2.24) is 14.5 Å². The second kappa shape index (κ2) is 11.3. The van der Waals surface area contributed by atoms with E-state index in [0.29, 0.717) is 11.6 Å². The van der Waals surface area contributed by atoms with E-state index in [0.717, 1.165) is 56.6 Å². The molecule has 5 heteroatoms. The number of unbranched alkanes of at least 4 members (excludes halogenated alkanes) is 1. The van der Waals surface area contributed by atoms with E-state index < -0.39 is 0 Å². The molecule has 0 amide bonds. The Bertz CT molecular complexity index is 1290. The van der Waals surface area contributed by atoms with Gasteiger partial charge in [0.25, 0.3) is 0 Å². The van der Waals surface area contributed by atoms with E-state index in [4.69, 9.17) is 16.6 Å². The number of halogens is 1. The highest BCUT2D eigenvalue weighted by Gasteiger charge is 2.32. The van der Waals surface area contributed by atoms with Crippen LogP contribution in [0.4, 0.5) is 0 Å². The number of aromatic hydroxyl groups is 1. The van der Waals surface area contributed by atoms with Crippen LogP contribution in [0, 0.1) is 0 Å². The van der Waals surface area contributed by atoms with Gasteiger partial charge in [-0.2, -0.15) is 0 Å². The lowest BCUT2D eigenvalue weighted by molar-refractivity contribution is 0.153. The van der Waals surface area contributed by atoms with Crippen molar-refractivity contribution in [2.75, 3.05) is 0 Å². The van der Waals surface area contributed by atoms with Crippen LogP contribution in [-0.4, -0.2) is 19.6 Å². The summed E-state index contributed by atoms with van der Waals surface area (Å²) in [4.78, 5) is 7.77. The Balaban J connectivity index is 1.58. The minimum absolute atomic E-state index is 0.198. The number of nitrogens with zero attached hydrogens (tertiary/aromatic N) is 3. The first-order valence-corrected chi connectivity index (χ1v) is 13.4. The highest BCUT2D eigenvalue weighted by atomic mass is 35.5. The summed E-state index contributed by atoms with van der Waals surface area (Å²) in [6.07, 6.45) is 5.48. The van der Waals surface area contributed by atoms with E-state index >= 15 is 0 Å². The third-order valence-electron chi connectivity index (χ3n) is 7.14. The predicted octanol–water partition coefficient (Wildman–Crippen LogP) is 7.79. The van der Waals surface area contributed by atoms with Crippen molar-refractivity contribution in [1.29, 1.82) is 0 Å². The van der Waals surface area contributed by atoms with Crippen LogP contribution in [0.25, 0.3) is 11.4 Å². The number of hydrogen-bond donors (Lipinski definition) is 1. The molecular formula is C31H34ClN3O. The monoisotopic (exact) mass is 499 g/mol. The number of aryl methyl sites for hydroxylation is 1. The van der Waals surface area contributed by atoms with Crippen LogP contribution >= 0.6 is 11.6 Å². The number of fused-ring (bicyclic) bond motifs is 1. The molecule has 1 unspecified atom stereocenters. The molecule has 186 valence electrons. The van der Waals surface area contributed by atoms with Crippen molar-refractivity contribution in [3.63, 3.8) is 0 Å². The minimum atomic E-state index is 0.198. The van der Waals surface area contributed by atoms with Gasteiger partial charge < -0.3 is 9.67 Å². The molecule has 36 heavy (non-hydrogen) atoms. The molecule has 0 aliphatic heterocycles. The lowest BCUT2D eigenvalue weighted by Gasteiger charge is -2.36. The summed E-state index contributed by atoms with van der Waals surface area (Å²) >= 11 is 6.60. The van der Waals surface area contributed by atoms with Gasteiger partial charge in [0, 0.05) is 30.2 Å². The van der Waals surface area contributed by atoms with Gasteiger partial charge in [0.2, 0.25) is 0 Å². The van der Waals surface area contributed by atoms with Crippen molar-refractivity contribution in [2.24, 2.45) is 0 Å². The lowest BCUT2D eigenvalue weighted by Crippen LogP contribution is -2.32. The number of benzene rings is 3. The predicted molar refractivity (Wildman–Crippen MR) is 147 cm³/mol. The zero-order chi connectivity index (χ0) is 24.9. The fraction of sp³-hybridized carbons (Fsp3) is 0.323. The normalized spacial score (nSPS) is 15.2. The molecule has 0 radical (unpaired) electrons. The van der Waals surface area contributed by atoms with Gasteiger partial charge in [-0.25, -0.2) is 4.98 Å². The molecule has 1 aromatic heterocycles. The zero-order valence-electron chi connectivity index (χ0n) is 20.9. The molecule has 1 aliphatic carbocycles. The first-order chi connectivity index (χ1) is 17.6. The van der Waals surface area contributed by atoms with Gasteiger partial charge in [0.1, 0.15) is 11.6 Å². The maximum Gasteiger partial charge on any atom is 0.140 e. The lowest BCUT2D eigenvalue weighted by atomic mass is 9.93. The van der Waals surface area contributed by atoms with E-state index in [1.54, 1.807) is 12.1 Å². The largest absolute Gasteiger partial charge is 0.508 e. The van der Waals surface area contributed by atoms with Gasteiger partial charge in [-0.15, -0.1) is 0 Å². The highest BCUT2D eigenvalue weighted by molar-refractivity contribution is 6.31. The van der Waals surface area contributed by atoms with Gasteiger partial charge in [-0.05, 0) is 48.9 Å². The summed E-state index contributed by atoms with van der Waals surface area (Å²) in [7, 11) is 0. The molecule has 3 aromatic carbocycles. The Labute approximate surface area is 219 Å². The molecule has 0 fully saturated rings. The van der Waals surface area contributed by atoms with Gasteiger partial charge in [0.15, 0.2) is 0 Å². The number of aromatic nitrogens is 2. The average Bonchev–Trinajstić information content (AvgIpc) is 3.28. The van der Waals surface area contributed by atoms with Gasteiger partial charge in [-0.1, -0.05) is 91.7 Å². The highest BCUT2D eigenvalue weighted by Crippen LogP contribution is 2.39. The van der Waals surface area contributed by atoms with Crippen LogP contribution in [0.1, 0.15) is 61.2 Å². The van der Waals surface area contributed by atoms with E-state index in [9.17, 15) is 5.11 Å². The smallest absolute Gasteiger partial charge is 0.140 e. The van der Waals surface area contributed by atoms with Crippen LogP contribution in [0.3, 0.4) is 0 Å². The molecule has 5 rings (SSSR count). The number of rotatable bonds is 9. The summed E-state index contributed by atoms with van der Waals surface area (Å²) < 4.78 is 2.49. The molecule has 4 nitrogen and oxygen atoms in total. The maximum absolute atomic E-state index is 9.91. The quantitative estimate of drug-likeness (QED) is 0.255. The number of hydrogen-bond acceptors (Lipinski definition) is 3. The van der Waals surface area contributed by atoms with E-state index in [1.807, 2.05) is 6.07 Å². The Kier molecular flexibility index (Phi) is 7.74. The first kappa shape index (κ1) is 24.6. The molecule has 1 aliphatic rings. The van der Waals surface area contributed by atoms with Crippen molar-refractivity contribution >= 4 is 11.6 Å². The van der Waals surface area contributed by atoms with E-state index in [2.05, 4.69) is 77.1 Å². The molecule has 0 saturated carbocycles. The minimum Gasteiger partial charge on any atom is -0.508 e. The SMILES string of the molecule is CCCCn1c(-c2ccccc2)nc2c1C(N(Cc1ccccc1)Cc1ccc(O)cc1Cl)CCC2. The van der Waals surface area contributed by atoms with E-state index in [-0.39, 0.29) is 11.8 Å². The fourth-order valence-electron chi connectivity index (χ4n) is 5.35. The molecule has 0 saturated heterocycles. The second-order valence-corrected chi connectivity index (χ2v) is 10.1. The Morgan fingerprint density at radius 3 is 2.47 bits per heavy atom. The molecule has 0 spiro atoms. The van der Waals surface area contributed by atoms with Crippen molar-refractivity contribution in [3.8, 4) is 17.1 Å². The number of imidazole rings is 1. The Morgan fingerprint density at radius 1 is 1.00 bits per heavy atom. The van der Waals surface area contributed by atoms with Crippen molar-refractivity contribution in [2.45, 2.75) is 64.7 Å². The third kappa shape index (κ3) is 5.35. The molecule has 0 bridgehead atoms. The summed E-state index contributed by atoms with van der Waals surface area (Å²) in [6.45, 7) is 4.75. The summed E-state index contributed by atoms with van der Waals surface area (Å²) in [5.41, 5.74) is 6.08. The van der Waals surface area contributed by atoms with E-state index in [1.165, 1.54) is 22.5 Å². The second-order valence-electron chi connectivity index (χ2n) is 9.71. The van der Waals surface area contributed by atoms with Crippen LogP contribution in [0.2, 0.25) is 5.02 Å². The summed E-state index contributed by atoms with van der Waals surface area (Å²) in [5.74, 6) is 1.28. The Morgan fingerprint density at radius 2 is 1.75 bits per heavy atom. The molecule has 1 heterocycles. The number of phenolic OH excluding ortho intramolecular Hbond substituents is 1. The van der Waals surface area contributed by atoms with Crippen molar-refractivity contribution < 1.29 is 5.11 Å². The maximum atomic E-state index is 9.91. The first-order valence-electron chi connectivity index (χ1n) is 13.0. The van der Waals surface area contributed by atoms with Gasteiger partial charge >= 0.3 is 0 Å². The molecular weight excluding hydrogens is 466 g/mol. The average molecular weight is 500 g/mol. The molecule has 4 aromatic rings. The van der Waals surface area contributed by atoms with Crippen LogP contribution < -0.4 is 0 Å². The van der Waals surface area contributed by atoms with Crippen LogP contribution in [-0.2, 0) is 26.1 Å². The zero-order valence-corrected chi connectivity index (χ0v) is 21.7. The summed E-state index contributed by atoms with van der Waals surface area (Å²) in [5, 5.41) is 10.5. The fourth-order valence-corrected chi connectivity index (χ4v) is 5.59.